The molecule has 1 fully saturated rings. The van der Waals surface area contributed by atoms with Crippen molar-refractivity contribution in [3.8, 4) is 5.69 Å². The lowest BCUT2D eigenvalue weighted by Crippen LogP contribution is -2.40. The Hall–Kier alpha value is -2.09. The molecule has 2 aromatic rings. The van der Waals surface area contributed by atoms with Gasteiger partial charge in [-0.2, -0.15) is 11.8 Å². The zero-order valence-corrected chi connectivity index (χ0v) is 12.5. The minimum absolute atomic E-state index is 0.0488. The molecule has 1 N–H and O–H groups in total. The Morgan fingerprint density at radius 3 is 2.86 bits per heavy atom. The number of benzene rings is 1. The molecule has 2 heterocycles. The number of hydrogen-bond donors (Lipinski definition) is 1. The number of hydrogen-bond acceptors (Lipinski definition) is 5. The van der Waals surface area contributed by atoms with Crippen molar-refractivity contribution in [2.24, 2.45) is 0 Å². The van der Waals surface area contributed by atoms with E-state index in [9.17, 15) is 4.79 Å². The van der Waals surface area contributed by atoms with Crippen LogP contribution < -0.4 is 5.32 Å². The molecule has 1 saturated heterocycles. The molecule has 21 heavy (non-hydrogen) atoms. The van der Waals surface area contributed by atoms with E-state index in [2.05, 4.69) is 20.8 Å². The van der Waals surface area contributed by atoms with Gasteiger partial charge < -0.3 is 10.2 Å². The Kier molecular flexibility index (Phi) is 4.05. The average molecular weight is 304 g/mol. The molecule has 0 radical (unpaired) electrons. The Labute approximate surface area is 126 Å². The number of amides is 2. The van der Waals surface area contributed by atoms with E-state index in [0.717, 1.165) is 41.5 Å². The van der Waals surface area contributed by atoms with Crippen LogP contribution in [0.2, 0.25) is 0 Å². The van der Waals surface area contributed by atoms with Crippen LogP contribution in [0.1, 0.15) is 5.56 Å². The number of carbonyl (C=O) groups is 1. The molecular weight excluding hydrogens is 288 g/mol. The summed E-state index contributed by atoms with van der Waals surface area (Å²) in [6.45, 7) is 3.55. The van der Waals surface area contributed by atoms with Crippen molar-refractivity contribution in [2.45, 2.75) is 6.92 Å². The minimum Gasteiger partial charge on any atom is -0.323 e. The highest BCUT2D eigenvalue weighted by Crippen LogP contribution is 2.20. The number of tetrazole rings is 1. The average Bonchev–Trinajstić information content (AvgIpc) is 3.04. The highest BCUT2D eigenvalue weighted by molar-refractivity contribution is 7.99. The molecule has 7 nitrogen and oxygen atoms in total. The predicted molar refractivity (Wildman–Crippen MR) is 81.8 cm³/mol. The quantitative estimate of drug-likeness (QED) is 0.911. The number of thioether (sulfide) groups is 1. The molecule has 1 aromatic carbocycles. The van der Waals surface area contributed by atoms with Crippen LogP contribution in [0.4, 0.5) is 10.5 Å². The smallest absolute Gasteiger partial charge is 0.321 e. The maximum atomic E-state index is 12.3. The third-order valence-electron chi connectivity index (χ3n) is 3.37. The normalized spacial score (nSPS) is 15.0. The molecule has 0 spiro atoms. The monoisotopic (exact) mass is 304 g/mol. The largest absolute Gasteiger partial charge is 0.323 e. The van der Waals surface area contributed by atoms with Gasteiger partial charge >= 0.3 is 6.03 Å². The molecule has 2 amide bonds. The van der Waals surface area contributed by atoms with E-state index in [1.165, 1.54) is 6.33 Å². The molecule has 0 atom stereocenters. The minimum atomic E-state index is -0.0488. The van der Waals surface area contributed by atoms with E-state index in [1.807, 2.05) is 41.8 Å². The first-order valence-corrected chi connectivity index (χ1v) is 7.87. The number of rotatable bonds is 2. The van der Waals surface area contributed by atoms with E-state index < -0.39 is 0 Å². The van der Waals surface area contributed by atoms with Crippen LogP contribution in [-0.4, -0.2) is 55.7 Å². The van der Waals surface area contributed by atoms with Crippen LogP contribution in [0.25, 0.3) is 5.69 Å². The van der Waals surface area contributed by atoms with E-state index in [4.69, 9.17) is 0 Å². The van der Waals surface area contributed by atoms with Crippen LogP contribution in [0, 0.1) is 6.92 Å². The van der Waals surface area contributed by atoms with Crippen LogP contribution in [0.15, 0.2) is 24.5 Å². The topological polar surface area (TPSA) is 75.9 Å². The van der Waals surface area contributed by atoms with E-state index >= 15 is 0 Å². The molecule has 1 aliphatic heterocycles. The molecule has 0 unspecified atom stereocenters. The molecular formula is C13H16N6OS. The van der Waals surface area contributed by atoms with Gasteiger partial charge in [0.25, 0.3) is 0 Å². The summed E-state index contributed by atoms with van der Waals surface area (Å²) < 4.78 is 1.56. The number of aromatic nitrogens is 4. The lowest BCUT2D eigenvalue weighted by atomic mass is 10.2. The van der Waals surface area contributed by atoms with E-state index in [1.54, 1.807) is 4.68 Å². The fraction of sp³-hybridized carbons (Fsp3) is 0.385. The molecule has 0 aliphatic carbocycles. The van der Waals surface area contributed by atoms with Gasteiger partial charge in [-0.15, -0.1) is 5.10 Å². The molecule has 1 aromatic heterocycles. The summed E-state index contributed by atoms with van der Waals surface area (Å²) in [7, 11) is 0. The Balaban J connectivity index is 1.78. The number of urea groups is 1. The van der Waals surface area contributed by atoms with Gasteiger partial charge in [0.05, 0.1) is 5.69 Å². The molecule has 0 saturated carbocycles. The van der Waals surface area contributed by atoms with Gasteiger partial charge in [0.1, 0.15) is 6.33 Å². The Bertz CT molecular complexity index is 624. The number of nitrogens with zero attached hydrogens (tertiary/aromatic N) is 5. The number of aryl methyl sites for hydroxylation is 1. The molecule has 1 aliphatic rings. The van der Waals surface area contributed by atoms with Gasteiger partial charge in [0, 0.05) is 30.3 Å². The Morgan fingerprint density at radius 1 is 1.33 bits per heavy atom. The van der Waals surface area contributed by atoms with Gasteiger partial charge in [-0.25, -0.2) is 9.48 Å². The zero-order chi connectivity index (χ0) is 14.7. The fourth-order valence-electron chi connectivity index (χ4n) is 2.13. The van der Waals surface area contributed by atoms with Crippen molar-refractivity contribution in [3.63, 3.8) is 0 Å². The third kappa shape index (κ3) is 3.15. The molecule has 0 bridgehead atoms. The predicted octanol–water partition coefficient (Wildman–Crippen LogP) is 1.55. The van der Waals surface area contributed by atoms with Crippen molar-refractivity contribution in [1.82, 2.24) is 25.1 Å². The molecule has 8 heteroatoms. The summed E-state index contributed by atoms with van der Waals surface area (Å²) in [4.78, 5) is 14.1. The van der Waals surface area contributed by atoms with Gasteiger partial charge in [-0.05, 0) is 35.0 Å². The van der Waals surface area contributed by atoms with Crippen molar-refractivity contribution in [3.05, 3.63) is 30.1 Å². The maximum Gasteiger partial charge on any atom is 0.321 e. The van der Waals surface area contributed by atoms with Gasteiger partial charge in [-0.1, -0.05) is 6.07 Å². The summed E-state index contributed by atoms with van der Waals surface area (Å²) in [5.41, 5.74) is 2.60. The van der Waals surface area contributed by atoms with Crippen molar-refractivity contribution in [2.75, 3.05) is 29.9 Å². The first kappa shape index (κ1) is 13.9. The molecule has 110 valence electrons. The summed E-state index contributed by atoms with van der Waals surface area (Å²) >= 11 is 1.88. The summed E-state index contributed by atoms with van der Waals surface area (Å²) in [6.07, 6.45) is 1.53. The SMILES string of the molecule is Cc1ccc(-n2cnnn2)cc1NC(=O)N1CCSCC1. The van der Waals surface area contributed by atoms with Crippen molar-refractivity contribution < 1.29 is 4.79 Å². The lowest BCUT2D eigenvalue weighted by molar-refractivity contribution is 0.217. The maximum absolute atomic E-state index is 12.3. The van der Waals surface area contributed by atoms with Crippen molar-refractivity contribution >= 4 is 23.5 Å². The highest BCUT2D eigenvalue weighted by atomic mass is 32.2. The fourth-order valence-corrected chi connectivity index (χ4v) is 3.03. The van der Waals surface area contributed by atoms with Crippen molar-refractivity contribution in [1.29, 1.82) is 0 Å². The summed E-state index contributed by atoms with van der Waals surface area (Å²) in [5.74, 6) is 1.99. The second kappa shape index (κ2) is 6.13. The highest BCUT2D eigenvalue weighted by Gasteiger charge is 2.17. The zero-order valence-electron chi connectivity index (χ0n) is 11.7. The number of anilines is 1. The van der Waals surface area contributed by atoms with Gasteiger partial charge in [-0.3, -0.25) is 0 Å². The second-order valence-corrected chi connectivity index (χ2v) is 6.01. The first-order chi connectivity index (χ1) is 10.2. The van der Waals surface area contributed by atoms with Crippen LogP contribution in [0.3, 0.4) is 0 Å². The Morgan fingerprint density at radius 2 is 2.14 bits per heavy atom. The van der Waals surface area contributed by atoms with Crippen LogP contribution in [0.5, 0.6) is 0 Å². The van der Waals surface area contributed by atoms with Crippen LogP contribution in [-0.2, 0) is 0 Å². The van der Waals surface area contributed by atoms with Gasteiger partial charge in [0.15, 0.2) is 0 Å². The number of nitrogens with one attached hydrogen (secondary N) is 1. The standard InChI is InChI=1S/C13H16N6OS/c1-10-2-3-11(19-9-14-16-17-19)8-12(10)15-13(20)18-4-6-21-7-5-18/h2-3,8-9H,4-7H2,1H3,(H,15,20). The summed E-state index contributed by atoms with van der Waals surface area (Å²) in [5, 5.41) is 14.1. The summed E-state index contributed by atoms with van der Waals surface area (Å²) in [6, 6.07) is 5.69. The first-order valence-electron chi connectivity index (χ1n) is 6.72. The molecule has 3 rings (SSSR count). The van der Waals surface area contributed by atoms with Crippen LogP contribution >= 0.6 is 11.8 Å². The second-order valence-electron chi connectivity index (χ2n) is 4.78. The third-order valence-corrected chi connectivity index (χ3v) is 4.32. The van der Waals surface area contributed by atoms with E-state index in [-0.39, 0.29) is 6.03 Å². The van der Waals surface area contributed by atoms with E-state index in [0.29, 0.717) is 0 Å². The van der Waals surface area contributed by atoms with Gasteiger partial charge in [0.2, 0.25) is 0 Å². The lowest BCUT2D eigenvalue weighted by Gasteiger charge is -2.26. The number of carbonyl (C=O) groups excluding carboxylic acids is 1.